The fraction of sp³-hybridized carbons (Fsp3) is 0.867. The Morgan fingerprint density at radius 2 is 2.06 bits per heavy atom. The van der Waals surface area contributed by atoms with E-state index in [1.54, 1.807) is 0 Å². The molecule has 1 heterocycles. The Labute approximate surface area is 105 Å². The molecule has 0 aromatic heterocycles. The van der Waals surface area contributed by atoms with Crippen LogP contribution in [0.1, 0.15) is 51.4 Å². The van der Waals surface area contributed by atoms with E-state index >= 15 is 0 Å². The predicted molar refractivity (Wildman–Crippen MR) is 69.9 cm³/mol. The van der Waals surface area contributed by atoms with Crippen LogP contribution in [0.2, 0.25) is 0 Å². The van der Waals surface area contributed by atoms with E-state index in [9.17, 15) is 5.11 Å². The Morgan fingerprint density at radius 3 is 2.88 bits per heavy atom. The number of hydrogen-bond acceptors (Lipinski definition) is 2. The molecule has 2 aliphatic carbocycles. The van der Waals surface area contributed by atoms with Gasteiger partial charge in [-0.25, -0.2) is 0 Å². The van der Waals surface area contributed by atoms with Crippen molar-refractivity contribution < 1.29 is 5.11 Å². The van der Waals surface area contributed by atoms with Crippen LogP contribution in [-0.4, -0.2) is 34.7 Å². The Kier molecular flexibility index (Phi) is 3.27. The normalized spacial score (nSPS) is 43.4. The molecule has 3 atom stereocenters. The highest BCUT2D eigenvalue weighted by Gasteiger charge is 2.43. The molecule has 0 amide bonds. The molecule has 0 aromatic rings. The van der Waals surface area contributed by atoms with Gasteiger partial charge in [0, 0.05) is 25.0 Å². The maximum Gasteiger partial charge on any atom is 0.0700 e. The van der Waals surface area contributed by atoms with Crippen LogP contribution in [0, 0.1) is 5.92 Å². The molecule has 17 heavy (non-hydrogen) atoms. The molecule has 0 bridgehead atoms. The van der Waals surface area contributed by atoms with Gasteiger partial charge in [0.15, 0.2) is 0 Å². The first-order valence-corrected chi connectivity index (χ1v) is 7.41. The van der Waals surface area contributed by atoms with Crippen molar-refractivity contribution in [2.24, 2.45) is 5.92 Å². The Balaban J connectivity index is 1.66. The SMILES string of the molecule is OC12CCCCC1CN(C1C=CCCC1)CC2. The van der Waals surface area contributed by atoms with E-state index < -0.39 is 0 Å². The maximum atomic E-state index is 10.7. The summed E-state index contributed by atoms with van der Waals surface area (Å²) in [7, 11) is 0. The van der Waals surface area contributed by atoms with Gasteiger partial charge in [-0.3, -0.25) is 4.90 Å². The van der Waals surface area contributed by atoms with Gasteiger partial charge >= 0.3 is 0 Å². The van der Waals surface area contributed by atoms with E-state index in [0.29, 0.717) is 12.0 Å². The van der Waals surface area contributed by atoms with Gasteiger partial charge in [0.1, 0.15) is 0 Å². The first kappa shape index (κ1) is 11.7. The lowest BCUT2D eigenvalue weighted by Gasteiger charge is -2.49. The van der Waals surface area contributed by atoms with Gasteiger partial charge in [-0.1, -0.05) is 25.0 Å². The predicted octanol–water partition coefficient (Wildman–Crippen LogP) is 2.72. The summed E-state index contributed by atoms with van der Waals surface area (Å²) >= 11 is 0. The molecular formula is C15H25NO. The summed E-state index contributed by atoms with van der Waals surface area (Å²) in [4.78, 5) is 2.63. The lowest BCUT2D eigenvalue weighted by molar-refractivity contribution is -0.100. The Bertz CT molecular complexity index is 301. The molecule has 0 aromatic carbocycles. The number of hydrogen-bond donors (Lipinski definition) is 1. The van der Waals surface area contributed by atoms with Crippen LogP contribution in [0.25, 0.3) is 0 Å². The van der Waals surface area contributed by atoms with Crippen molar-refractivity contribution in [2.75, 3.05) is 13.1 Å². The smallest absolute Gasteiger partial charge is 0.0700 e. The van der Waals surface area contributed by atoms with Crippen molar-refractivity contribution in [1.82, 2.24) is 4.90 Å². The quantitative estimate of drug-likeness (QED) is 0.706. The summed E-state index contributed by atoms with van der Waals surface area (Å²) in [5.41, 5.74) is -0.312. The third kappa shape index (κ3) is 2.30. The summed E-state index contributed by atoms with van der Waals surface area (Å²) in [6.45, 7) is 2.23. The molecule has 3 unspecified atom stereocenters. The molecule has 1 N–H and O–H groups in total. The second-order valence-corrected chi connectivity index (χ2v) is 6.22. The second kappa shape index (κ2) is 4.74. The number of piperidine rings is 1. The zero-order chi connectivity index (χ0) is 11.7. The van der Waals surface area contributed by atoms with Crippen molar-refractivity contribution in [1.29, 1.82) is 0 Å². The third-order valence-electron chi connectivity index (χ3n) is 5.16. The average molecular weight is 235 g/mol. The summed E-state index contributed by atoms with van der Waals surface area (Å²) in [6.07, 6.45) is 14.5. The van der Waals surface area contributed by atoms with Crippen LogP contribution in [0.5, 0.6) is 0 Å². The highest BCUT2D eigenvalue weighted by Crippen LogP contribution is 2.40. The number of aliphatic hydroxyl groups is 1. The molecular weight excluding hydrogens is 210 g/mol. The van der Waals surface area contributed by atoms with E-state index in [2.05, 4.69) is 17.1 Å². The number of allylic oxidation sites excluding steroid dienone is 1. The first-order valence-electron chi connectivity index (χ1n) is 7.41. The molecule has 1 saturated carbocycles. The highest BCUT2D eigenvalue weighted by atomic mass is 16.3. The van der Waals surface area contributed by atoms with Crippen LogP contribution >= 0.6 is 0 Å². The van der Waals surface area contributed by atoms with E-state index in [0.717, 1.165) is 25.9 Å². The summed E-state index contributed by atoms with van der Waals surface area (Å²) in [5, 5.41) is 10.7. The van der Waals surface area contributed by atoms with Gasteiger partial charge in [0.2, 0.25) is 0 Å². The Hall–Kier alpha value is -0.340. The zero-order valence-corrected chi connectivity index (χ0v) is 10.8. The van der Waals surface area contributed by atoms with E-state index in [-0.39, 0.29) is 5.60 Å². The number of nitrogens with zero attached hydrogens (tertiary/aromatic N) is 1. The number of fused-ring (bicyclic) bond motifs is 1. The van der Waals surface area contributed by atoms with Crippen molar-refractivity contribution in [3.05, 3.63) is 12.2 Å². The highest BCUT2D eigenvalue weighted by molar-refractivity contribution is 5.03. The molecule has 2 heteroatoms. The minimum Gasteiger partial charge on any atom is -0.390 e. The minimum atomic E-state index is -0.312. The van der Waals surface area contributed by atoms with Crippen molar-refractivity contribution in [3.8, 4) is 0 Å². The molecule has 1 saturated heterocycles. The molecule has 2 fully saturated rings. The van der Waals surface area contributed by atoms with Crippen LogP contribution in [0.15, 0.2) is 12.2 Å². The molecule has 1 aliphatic heterocycles. The van der Waals surface area contributed by atoms with Crippen molar-refractivity contribution in [3.63, 3.8) is 0 Å². The summed E-state index contributed by atoms with van der Waals surface area (Å²) < 4.78 is 0. The molecule has 0 radical (unpaired) electrons. The molecule has 0 spiro atoms. The third-order valence-corrected chi connectivity index (χ3v) is 5.16. The average Bonchev–Trinajstić information content (AvgIpc) is 2.39. The number of likely N-dealkylation sites (tertiary alicyclic amines) is 1. The molecule has 3 aliphatic rings. The molecule has 2 nitrogen and oxygen atoms in total. The van der Waals surface area contributed by atoms with Crippen LogP contribution < -0.4 is 0 Å². The first-order chi connectivity index (χ1) is 8.28. The van der Waals surface area contributed by atoms with Gasteiger partial charge in [-0.2, -0.15) is 0 Å². The molecule has 96 valence electrons. The summed E-state index contributed by atoms with van der Waals surface area (Å²) in [6, 6.07) is 0.662. The summed E-state index contributed by atoms with van der Waals surface area (Å²) in [5.74, 6) is 0.542. The van der Waals surface area contributed by atoms with Crippen molar-refractivity contribution >= 4 is 0 Å². The van der Waals surface area contributed by atoms with E-state index in [1.165, 1.54) is 38.5 Å². The minimum absolute atomic E-state index is 0.312. The zero-order valence-electron chi connectivity index (χ0n) is 10.8. The second-order valence-electron chi connectivity index (χ2n) is 6.22. The largest absolute Gasteiger partial charge is 0.390 e. The van der Waals surface area contributed by atoms with Gasteiger partial charge in [0.05, 0.1) is 5.60 Å². The van der Waals surface area contributed by atoms with Crippen molar-refractivity contribution in [2.45, 2.75) is 63.0 Å². The molecule has 3 rings (SSSR count). The fourth-order valence-electron chi connectivity index (χ4n) is 4.00. The topological polar surface area (TPSA) is 23.5 Å². The lowest BCUT2D eigenvalue weighted by Crippen LogP contribution is -2.55. The van der Waals surface area contributed by atoms with Gasteiger partial charge in [0.25, 0.3) is 0 Å². The van der Waals surface area contributed by atoms with Gasteiger partial charge in [-0.05, 0) is 38.5 Å². The Morgan fingerprint density at radius 1 is 1.12 bits per heavy atom. The van der Waals surface area contributed by atoms with E-state index in [1.807, 2.05) is 0 Å². The van der Waals surface area contributed by atoms with Gasteiger partial charge < -0.3 is 5.11 Å². The maximum absolute atomic E-state index is 10.7. The van der Waals surface area contributed by atoms with Crippen LogP contribution in [0.4, 0.5) is 0 Å². The monoisotopic (exact) mass is 235 g/mol. The van der Waals surface area contributed by atoms with E-state index in [4.69, 9.17) is 0 Å². The fourth-order valence-corrected chi connectivity index (χ4v) is 4.00. The standard InChI is InChI=1S/C15H25NO/c17-15-9-5-4-6-13(15)12-16(11-10-15)14-7-2-1-3-8-14/h2,7,13-14,17H,1,3-6,8-12H2. The van der Waals surface area contributed by atoms with Gasteiger partial charge in [-0.15, -0.1) is 0 Å². The van der Waals surface area contributed by atoms with Crippen LogP contribution in [0.3, 0.4) is 0 Å². The lowest BCUT2D eigenvalue weighted by atomic mass is 9.71. The number of rotatable bonds is 1. The van der Waals surface area contributed by atoms with Crippen LogP contribution in [-0.2, 0) is 0 Å².